The molecule has 3 aromatic heterocycles. The zero-order chi connectivity index (χ0) is 25.4. The first-order valence-electron chi connectivity index (χ1n) is 8.15. The van der Waals surface area contributed by atoms with Crippen molar-refractivity contribution in [3.8, 4) is 0 Å². The Morgan fingerprint density at radius 2 is 0.818 bits per heavy atom. The van der Waals surface area contributed by atoms with Gasteiger partial charge >= 0.3 is 18.5 Å². The Bertz CT molecular complexity index is 1040. The van der Waals surface area contributed by atoms with E-state index >= 15 is 0 Å². The topological polar surface area (TPSA) is 92.1 Å². The molecule has 0 bridgehead atoms. The molecule has 9 nitrogen and oxygen atoms in total. The van der Waals surface area contributed by atoms with E-state index in [0.717, 1.165) is 18.7 Å². The van der Waals surface area contributed by atoms with Crippen LogP contribution in [0.3, 0.4) is 0 Å². The molecule has 3 rings (SSSR count). The van der Waals surface area contributed by atoms with Crippen LogP contribution in [-0.2, 0) is 39.7 Å². The summed E-state index contributed by atoms with van der Waals surface area (Å²) in [5.74, 6) is -3.12. The van der Waals surface area contributed by atoms with E-state index in [4.69, 9.17) is 0 Å². The minimum Gasteiger partial charge on any atom is -0.311 e. The highest BCUT2D eigenvalue weighted by Crippen LogP contribution is 2.38. The zero-order valence-electron chi connectivity index (χ0n) is 16.7. The van der Waals surface area contributed by atoms with Crippen LogP contribution in [0.1, 0.15) is 23.3 Å². The van der Waals surface area contributed by atoms with E-state index < -0.39 is 36.0 Å². The number of rotatable bonds is 3. The molecule has 0 fully saturated rings. The third kappa shape index (κ3) is 6.30. The molecule has 0 saturated carbocycles. The fourth-order valence-corrected chi connectivity index (χ4v) is 4.01. The maximum Gasteiger partial charge on any atom is 0.451 e. The third-order valence-corrected chi connectivity index (χ3v) is 5.95. The summed E-state index contributed by atoms with van der Waals surface area (Å²) in [5, 5.41) is 18.7. The van der Waals surface area contributed by atoms with E-state index in [1.54, 1.807) is 0 Å². The van der Waals surface area contributed by atoms with Gasteiger partial charge in [0.15, 0.2) is 0 Å². The maximum absolute atomic E-state index is 12.5. The fraction of sp³-hybridized carbons (Fsp3) is 0.538. The summed E-state index contributed by atoms with van der Waals surface area (Å²) < 4.78 is 113. The second kappa shape index (κ2) is 9.39. The number of aryl methyl sites for hydroxylation is 1. The maximum atomic E-state index is 12.5. The lowest BCUT2D eigenvalue weighted by Gasteiger charge is -2.06. The Balaban J connectivity index is 0.000000294. The molecular formula is C13H12F9N9S2. The molecule has 3 heterocycles. The van der Waals surface area contributed by atoms with E-state index in [9.17, 15) is 39.5 Å². The summed E-state index contributed by atoms with van der Waals surface area (Å²) in [6.45, 7) is 1.46. The standard InChI is InChI=1S/C8H6F6N6S2.C5H6F3N3/c1-19-3(7(9,10)11)15-17-5(19)21-22-6-18-16-4(20(6)2)8(12,13)14;1-3-9-10-4(11(3)2)5(6,7)8/h1-2H3;1-2H3. The lowest BCUT2D eigenvalue weighted by molar-refractivity contribution is -0.148. The molecule has 0 unspecified atom stereocenters. The van der Waals surface area contributed by atoms with Gasteiger partial charge in [0.25, 0.3) is 0 Å². The molecule has 0 aliphatic heterocycles. The van der Waals surface area contributed by atoms with Crippen LogP contribution in [0.5, 0.6) is 0 Å². The van der Waals surface area contributed by atoms with Crippen molar-refractivity contribution in [3.05, 3.63) is 23.3 Å². The third-order valence-electron chi connectivity index (χ3n) is 3.71. The molecule has 0 radical (unpaired) electrons. The van der Waals surface area contributed by atoms with Crippen LogP contribution in [0.15, 0.2) is 10.3 Å². The van der Waals surface area contributed by atoms with E-state index in [-0.39, 0.29) is 16.1 Å². The summed E-state index contributed by atoms with van der Waals surface area (Å²) >= 11 is 0. The summed E-state index contributed by atoms with van der Waals surface area (Å²) in [5.41, 5.74) is 0. The molecule has 0 N–H and O–H groups in total. The highest BCUT2D eigenvalue weighted by atomic mass is 33.1. The van der Waals surface area contributed by atoms with E-state index in [0.29, 0.717) is 30.7 Å². The average Bonchev–Trinajstić information content (AvgIpc) is 3.30. The van der Waals surface area contributed by atoms with E-state index in [1.807, 2.05) is 0 Å². The molecule has 0 spiro atoms. The Morgan fingerprint density at radius 3 is 1.03 bits per heavy atom. The fourth-order valence-electron chi connectivity index (χ4n) is 2.00. The largest absolute Gasteiger partial charge is 0.451 e. The van der Waals surface area contributed by atoms with Gasteiger partial charge in [-0.2, -0.15) is 39.5 Å². The summed E-state index contributed by atoms with van der Waals surface area (Å²) in [4.78, 5) is 0. The van der Waals surface area contributed by atoms with Gasteiger partial charge in [-0.25, -0.2) is 0 Å². The van der Waals surface area contributed by atoms with Crippen LogP contribution >= 0.6 is 21.6 Å². The van der Waals surface area contributed by atoms with Gasteiger partial charge in [0.1, 0.15) is 5.82 Å². The number of nitrogens with zero attached hydrogens (tertiary/aromatic N) is 9. The molecule has 0 aliphatic carbocycles. The molecule has 184 valence electrons. The van der Waals surface area contributed by atoms with Crippen LogP contribution in [0.25, 0.3) is 0 Å². The van der Waals surface area contributed by atoms with Gasteiger partial charge in [-0.3, -0.25) is 0 Å². The second-order valence-electron chi connectivity index (χ2n) is 6.02. The number of halogens is 9. The van der Waals surface area contributed by atoms with Crippen LogP contribution in [-0.4, -0.2) is 44.3 Å². The number of alkyl halides is 9. The van der Waals surface area contributed by atoms with Gasteiger partial charge < -0.3 is 13.7 Å². The van der Waals surface area contributed by atoms with Gasteiger partial charge in [0.2, 0.25) is 27.8 Å². The minimum absolute atomic E-state index is 0.131. The SMILES string of the molecule is Cc1nnc(C(F)(F)F)n1C.Cn1c(SSc2nnc(C(F)(F)F)n2C)nnc1C(F)(F)F. The van der Waals surface area contributed by atoms with Crippen molar-refractivity contribution in [2.24, 2.45) is 21.1 Å². The predicted octanol–water partition coefficient (Wildman–Crippen LogP) is 3.92. The predicted molar refractivity (Wildman–Crippen MR) is 94.5 cm³/mol. The van der Waals surface area contributed by atoms with Crippen molar-refractivity contribution in [1.82, 2.24) is 44.3 Å². The van der Waals surface area contributed by atoms with Crippen molar-refractivity contribution >= 4 is 21.6 Å². The van der Waals surface area contributed by atoms with Crippen LogP contribution < -0.4 is 0 Å². The van der Waals surface area contributed by atoms with Gasteiger partial charge in [0, 0.05) is 21.1 Å². The quantitative estimate of drug-likeness (QED) is 0.373. The Kier molecular flexibility index (Phi) is 7.61. The summed E-state index contributed by atoms with van der Waals surface area (Å²) in [6, 6.07) is 0. The lowest BCUT2D eigenvalue weighted by Crippen LogP contribution is -2.13. The first-order valence-corrected chi connectivity index (χ1v) is 10.3. The van der Waals surface area contributed by atoms with Gasteiger partial charge in [-0.15, -0.1) is 30.6 Å². The highest BCUT2D eigenvalue weighted by Gasteiger charge is 2.39. The molecular weight excluding hydrogens is 517 g/mol. The molecule has 0 saturated heterocycles. The molecule has 20 heteroatoms. The molecule has 33 heavy (non-hydrogen) atoms. The first kappa shape index (κ1) is 26.7. The summed E-state index contributed by atoms with van der Waals surface area (Å²) in [6.07, 6.45) is -13.7. The van der Waals surface area contributed by atoms with E-state index in [2.05, 4.69) is 30.6 Å². The smallest absolute Gasteiger partial charge is 0.311 e. The monoisotopic (exact) mass is 529 g/mol. The van der Waals surface area contributed by atoms with E-state index in [1.165, 1.54) is 14.0 Å². The first-order chi connectivity index (χ1) is 14.9. The van der Waals surface area contributed by atoms with Crippen LogP contribution in [0, 0.1) is 6.92 Å². The summed E-state index contributed by atoms with van der Waals surface area (Å²) in [7, 11) is 4.86. The van der Waals surface area contributed by atoms with Gasteiger partial charge in [0.05, 0.1) is 0 Å². The molecule has 0 amide bonds. The van der Waals surface area contributed by atoms with Crippen LogP contribution in [0.4, 0.5) is 39.5 Å². The van der Waals surface area contributed by atoms with Crippen molar-refractivity contribution in [3.63, 3.8) is 0 Å². The Labute approximate surface area is 186 Å². The minimum atomic E-state index is -4.67. The van der Waals surface area contributed by atoms with Crippen LogP contribution in [0.2, 0.25) is 0 Å². The lowest BCUT2D eigenvalue weighted by atomic mass is 10.6. The van der Waals surface area contributed by atoms with Crippen molar-refractivity contribution < 1.29 is 39.5 Å². The second-order valence-corrected chi connectivity index (χ2v) is 8.08. The molecule has 3 aromatic rings. The Morgan fingerprint density at radius 1 is 0.515 bits per heavy atom. The average molecular weight is 529 g/mol. The number of hydrogen-bond acceptors (Lipinski definition) is 8. The molecule has 0 aromatic carbocycles. The zero-order valence-corrected chi connectivity index (χ0v) is 18.4. The Hall–Kier alpha value is -2.51. The van der Waals surface area contributed by atoms with Gasteiger partial charge in [-0.05, 0) is 28.5 Å². The number of aromatic nitrogens is 9. The van der Waals surface area contributed by atoms with Crippen molar-refractivity contribution in [1.29, 1.82) is 0 Å². The molecule has 0 aliphatic rings. The highest BCUT2D eigenvalue weighted by molar-refractivity contribution is 8.76. The molecule has 0 atom stereocenters. The van der Waals surface area contributed by atoms with Crippen molar-refractivity contribution in [2.75, 3.05) is 0 Å². The van der Waals surface area contributed by atoms with Gasteiger partial charge in [-0.1, -0.05) is 0 Å². The normalized spacial score (nSPS) is 12.6. The van der Waals surface area contributed by atoms with Crippen molar-refractivity contribution in [2.45, 2.75) is 35.8 Å². The number of hydrogen-bond donors (Lipinski definition) is 0.